The van der Waals surface area contributed by atoms with Gasteiger partial charge in [-0.15, -0.1) is 0 Å². The number of carbonyl (C=O) groups is 1. The first-order chi connectivity index (χ1) is 9.54. The third kappa shape index (κ3) is 2.03. The molecular formula is C15H12O5. The van der Waals surface area contributed by atoms with Gasteiger partial charge >= 0.3 is 0 Å². The number of hydrogen-bond donors (Lipinski definition) is 3. The van der Waals surface area contributed by atoms with Gasteiger partial charge in [-0.3, -0.25) is 4.79 Å². The first-order valence-electron chi connectivity index (χ1n) is 6.09. The van der Waals surface area contributed by atoms with Crippen molar-refractivity contribution in [2.75, 3.05) is 0 Å². The standard InChI is InChI=1S/C15H12O5/c16-9-2-3-10-12(18)7-14(20-15(10)6-9)8-1-4-11(17)13(19)5-8/h1-6,14,16-17,19H,7H2/t14-/m1/s1. The molecule has 0 radical (unpaired) electrons. The third-order valence-electron chi connectivity index (χ3n) is 3.28. The van der Waals surface area contributed by atoms with Gasteiger partial charge in [0, 0.05) is 6.07 Å². The van der Waals surface area contributed by atoms with E-state index in [0.717, 1.165) is 0 Å². The van der Waals surface area contributed by atoms with Crippen LogP contribution in [0.2, 0.25) is 0 Å². The zero-order valence-electron chi connectivity index (χ0n) is 10.4. The van der Waals surface area contributed by atoms with Crippen LogP contribution in [-0.4, -0.2) is 21.1 Å². The highest BCUT2D eigenvalue weighted by Crippen LogP contribution is 2.38. The molecule has 1 atom stereocenters. The van der Waals surface area contributed by atoms with Crippen molar-refractivity contribution >= 4 is 5.78 Å². The average Bonchev–Trinajstić information content (AvgIpc) is 2.41. The van der Waals surface area contributed by atoms with E-state index in [0.29, 0.717) is 16.9 Å². The van der Waals surface area contributed by atoms with Crippen molar-refractivity contribution in [3.8, 4) is 23.0 Å². The molecular weight excluding hydrogens is 260 g/mol. The molecule has 1 aliphatic heterocycles. The zero-order chi connectivity index (χ0) is 14.3. The number of aromatic hydroxyl groups is 3. The summed E-state index contributed by atoms with van der Waals surface area (Å²) in [6.07, 6.45) is -0.412. The third-order valence-corrected chi connectivity index (χ3v) is 3.28. The Hall–Kier alpha value is -2.69. The Morgan fingerprint density at radius 3 is 2.55 bits per heavy atom. The fourth-order valence-electron chi connectivity index (χ4n) is 2.24. The number of benzene rings is 2. The van der Waals surface area contributed by atoms with E-state index in [1.807, 2.05) is 0 Å². The summed E-state index contributed by atoms with van der Waals surface area (Å²) in [5.74, 6) is -0.248. The van der Waals surface area contributed by atoms with E-state index in [1.165, 1.54) is 30.3 Å². The number of phenols is 3. The van der Waals surface area contributed by atoms with Crippen molar-refractivity contribution in [2.24, 2.45) is 0 Å². The van der Waals surface area contributed by atoms with E-state index in [1.54, 1.807) is 6.07 Å². The maximum atomic E-state index is 12.1. The van der Waals surface area contributed by atoms with Gasteiger partial charge in [-0.05, 0) is 29.8 Å². The molecule has 2 aromatic rings. The van der Waals surface area contributed by atoms with Crippen molar-refractivity contribution in [2.45, 2.75) is 12.5 Å². The van der Waals surface area contributed by atoms with E-state index in [-0.39, 0.29) is 29.5 Å². The molecule has 0 spiro atoms. The second kappa shape index (κ2) is 4.45. The Kier molecular flexibility index (Phi) is 2.75. The van der Waals surface area contributed by atoms with Crippen molar-refractivity contribution in [1.82, 2.24) is 0 Å². The molecule has 1 heterocycles. The van der Waals surface area contributed by atoms with Crippen LogP contribution in [-0.2, 0) is 0 Å². The van der Waals surface area contributed by atoms with E-state index in [2.05, 4.69) is 0 Å². The van der Waals surface area contributed by atoms with Crippen LogP contribution < -0.4 is 4.74 Å². The molecule has 2 aromatic carbocycles. The minimum Gasteiger partial charge on any atom is -0.508 e. The molecule has 0 amide bonds. The van der Waals surface area contributed by atoms with Gasteiger partial charge in [-0.2, -0.15) is 0 Å². The monoisotopic (exact) mass is 272 g/mol. The minimum absolute atomic E-state index is 0.0192. The molecule has 102 valence electrons. The Balaban J connectivity index is 1.98. The van der Waals surface area contributed by atoms with Crippen LogP contribution in [0.25, 0.3) is 0 Å². The molecule has 0 saturated carbocycles. The molecule has 0 bridgehead atoms. The van der Waals surface area contributed by atoms with Crippen molar-refractivity contribution < 1.29 is 24.9 Å². The molecule has 1 aliphatic rings. The summed E-state index contributed by atoms with van der Waals surface area (Å²) < 4.78 is 5.69. The number of rotatable bonds is 1. The molecule has 5 heteroatoms. The molecule has 3 rings (SSSR count). The SMILES string of the molecule is O=C1C[C@H](c2ccc(O)c(O)c2)Oc2cc(O)ccc21. The first-order valence-corrected chi connectivity index (χ1v) is 6.09. The molecule has 0 unspecified atom stereocenters. The Labute approximate surface area is 114 Å². The fourth-order valence-corrected chi connectivity index (χ4v) is 2.24. The van der Waals surface area contributed by atoms with Gasteiger partial charge in [0.2, 0.25) is 0 Å². The summed E-state index contributed by atoms with van der Waals surface area (Å²) in [6, 6.07) is 8.64. The summed E-state index contributed by atoms with van der Waals surface area (Å²) in [5, 5.41) is 28.3. The first kappa shape index (κ1) is 12.3. The molecule has 5 nitrogen and oxygen atoms in total. The maximum Gasteiger partial charge on any atom is 0.170 e. The van der Waals surface area contributed by atoms with Crippen molar-refractivity contribution in [1.29, 1.82) is 0 Å². The lowest BCUT2D eigenvalue weighted by atomic mass is 9.96. The van der Waals surface area contributed by atoms with Crippen molar-refractivity contribution in [3.05, 3.63) is 47.5 Å². The number of fused-ring (bicyclic) bond motifs is 1. The second-order valence-electron chi connectivity index (χ2n) is 4.66. The summed E-state index contributed by atoms with van der Waals surface area (Å²) in [6.45, 7) is 0. The highest BCUT2D eigenvalue weighted by Gasteiger charge is 2.28. The minimum atomic E-state index is -0.553. The normalized spacial score (nSPS) is 17.4. The lowest BCUT2D eigenvalue weighted by molar-refractivity contribution is 0.0849. The van der Waals surface area contributed by atoms with Gasteiger partial charge in [0.15, 0.2) is 17.3 Å². The zero-order valence-corrected chi connectivity index (χ0v) is 10.4. The van der Waals surface area contributed by atoms with Crippen LogP contribution >= 0.6 is 0 Å². The van der Waals surface area contributed by atoms with E-state index < -0.39 is 6.10 Å². The topological polar surface area (TPSA) is 87.0 Å². The van der Waals surface area contributed by atoms with Crippen LogP contribution in [0.4, 0.5) is 0 Å². The lowest BCUT2D eigenvalue weighted by Crippen LogP contribution is -2.20. The van der Waals surface area contributed by atoms with Gasteiger partial charge in [0.25, 0.3) is 0 Å². The smallest absolute Gasteiger partial charge is 0.170 e. The lowest BCUT2D eigenvalue weighted by Gasteiger charge is -2.25. The Bertz CT molecular complexity index is 693. The van der Waals surface area contributed by atoms with Gasteiger partial charge in [0.1, 0.15) is 17.6 Å². The summed E-state index contributed by atoms with van der Waals surface area (Å²) >= 11 is 0. The highest BCUT2D eigenvalue weighted by atomic mass is 16.5. The van der Waals surface area contributed by atoms with Gasteiger partial charge in [-0.1, -0.05) is 6.07 Å². The Morgan fingerprint density at radius 2 is 1.80 bits per heavy atom. The van der Waals surface area contributed by atoms with Crippen LogP contribution in [0, 0.1) is 0 Å². The summed E-state index contributed by atoms with van der Waals surface area (Å²) in [5.41, 5.74) is 1.02. The average molecular weight is 272 g/mol. The van der Waals surface area contributed by atoms with E-state index >= 15 is 0 Å². The van der Waals surface area contributed by atoms with Gasteiger partial charge in [0.05, 0.1) is 12.0 Å². The van der Waals surface area contributed by atoms with Crippen LogP contribution in [0.3, 0.4) is 0 Å². The number of Topliss-reactive ketones (excluding diaryl/α,β-unsaturated/α-hetero) is 1. The molecule has 0 fully saturated rings. The predicted molar refractivity (Wildman–Crippen MR) is 70.2 cm³/mol. The number of phenolic OH excluding ortho intramolecular Hbond substituents is 3. The summed E-state index contributed by atoms with van der Waals surface area (Å²) in [4.78, 5) is 12.1. The maximum absolute atomic E-state index is 12.1. The molecule has 20 heavy (non-hydrogen) atoms. The van der Waals surface area contributed by atoms with Gasteiger partial charge in [-0.25, -0.2) is 0 Å². The predicted octanol–water partition coefficient (Wildman–Crippen LogP) is 2.51. The van der Waals surface area contributed by atoms with Crippen molar-refractivity contribution in [3.63, 3.8) is 0 Å². The number of ether oxygens (including phenoxy) is 1. The molecule has 0 aliphatic carbocycles. The molecule has 0 saturated heterocycles. The largest absolute Gasteiger partial charge is 0.508 e. The van der Waals surface area contributed by atoms with Gasteiger partial charge < -0.3 is 20.1 Å². The Morgan fingerprint density at radius 1 is 1.00 bits per heavy atom. The molecule has 0 aromatic heterocycles. The molecule has 3 N–H and O–H groups in total. The van der Waals surface area contributed by atoms with E-state index in [4.69, 9.17) is 4.74 Å². The van der Waals surface area contributed by atoms with Crippen LogP contribution in [0.5, 0.6) is 23.0 Å². The number of hydrogen-bond acceptors (Lipinski definition) is 5. The second-order valence-corrected chi connectivity index (χ2v) is 4.66. The summed E-state index contributed by atoms with van der Waals surface area (Å²) in [7, 11) is 0. The number of ketones is 1. The van der Waals surface area contributed by atoms with E-state index in [9.17, 15) is 20.1 Å². The fraction of sp³-hybridized carbons (Fsp3) is 0.133. The number of carbonyl (C=O) groups excluding carboxylic acids is 1. The highest BCUT2D eigenvalue weighted by molar-refractivity contribution is 6.00. The van der Waals surface area contributed by atoms with Crippen LogP contribution in [0.15, 0.2) is 36.4 Å². The van der Waals surface area contributed by atoms with Crippen LogP contribution in [0.1, 0.15) is 28.4 Å². The quantitative estimate of drug-likeness (QED) is 0.694.